The Morgan fingerprint density at radius 3 is 2.88 bits per heavy atom. The van der Waals surface area contributed by atoms with E-state index in [1.165, 1.54) is 6.20 Å². The van der Waals surface area contributed by atoms with Crippen molar-refractivity contribution >= 4 is 31.9 Å². The lowest BCUT2D eigenvalue weighted by atomic mass is 10.5. The van der Waals surface area contributed by atoms with Crippen molar-refractivity contribution in [1.29, 1.82) is 0 Å². The molecule has 0 fully saturated rings. The van der Waals surface area contributed by atoms with Crippen LogP contribution in [0.1, 0.15) is 2.74 Å². The maximum Gasteiger partial charge on any atom is 0.106 e. The highest BCUT2D eigenvalue weighted by Gasteiger charge is 1.84. The molecule has 0 aliphatic heterocycles. The van der Waals surface area contributed by atoms with Crippen molar-refractivity contribution in [3.8, 4) is 0 Å². The van der Waals surface area contributed by atoms with Gasteiger partial charge in [0.25, 0.3) is 0 Å². The Hall–Kier alpha value is 0.110. The van der Waals surface area contributed by atoms with Crippen LogP contribution < -0.4 is 0 Å². The third kappa shape index (κ3) is 1.56. The highest BCUT2D eigenvalue weighted by atomic mass is 79.9. The SMILES string of the molecule is [2H]c1c(Br)cnc(Br)c1[2H]. The molecule has 1 heterocycles. The molecule has 0 spiro atoms. The summed E-state index contributed by atoms with van der Waals surface area (Å²) < 4.78 is 15.5. The molecule has 8 heavy (non-hydrogen) atoms. The van der Waals surface area contributed by atoms with Gasteiger partial charge in [0.2, 0.25) is 0 Å². The normalized spacial score (nSPS) is 12.8. The van der Waals surface area contributed by atoms with Crippen LogP contribution in [-0.2, 0) is 0 Å². The maximum absolute atomic E-state index is 7.28. The van der Waals surface area contributed by atoms with Crippen LogP contribution in [0.15, 0.2) is 27.4 Å². The second kappa shape index (κ2) is 2.60. The molecule has 0 N–H and O–H groups in total. The van der Waals surface area contributed by atoms with Gasteiger partial charge in [0.05, 0.1) is 2.74 Å². The van der Waals surface area contributed by atoms with Gasteiger partial charge in [-0.25, -0.2) is 4.98 Å². The Bertz CT molecular complexity index is 237. The Labute approximate surface area is 67.2 Å². The molecule has 1 aromatic heterocycles. The lowest BCUT2D eigenvalue weighted by molar-refractivity contribution is 1.26. The summed E-state index contributed by atoms with van der Waals surface area (Å²) in [7, 11) is 0. The molecule has 0 amide bonds. The molecular weight excluding hydrogens is 234 g/mol. The smallest absolute Gasteiger partial charge is 0.106 e. The second-order valence-corrected chi connectivity index (χ2v) is 2.75. The van der Waals surface area contributed by atoms with Crippen molar-refractivity contribution in [2.24, 2.45) is 0 Å². The number of hydrogen-bond donors (Lipinski definition) is 0. The zero-order valence-corrected chi connectivity index (χ0v) is 6.95. The topological polar surface area (TPSA) is 12.9 Å². The molecule has 42 valence electrons. The minimum Gasteiger partial charge on any atom is -0.248 e. The van der Waals surface area contributed by atoms with Gasteiger partial charge in [0, 0.05) is 10.7 Å². The van der Waals surface area contributed by atoms with Crippen LogP contribution in [-0.4, -0.2) is 4.98 Å². The van der Waals surface area contributed by atoms with Gasteiger partial charge in [-0.3, -0.25) is 0 Å². The van der Waals surface area contributed by atoms with E-state index >= 15 is 0 Å². The minimum atomic E-state index is 0.106. The summed E-state index contributed by atoms with van der Waals surface area (Å²) in [6, 6.07) is 0.260. The first-order valence-electron chi connectivity index (χ1n) is 2.90. The lowest BCUT2D eigenvalue weighted by Crippen LogP contribution is -1.70. The maximum atomic E-state index is 7.28. The highest BCUT2D eigenvalue weighted by molar-refractivity contribution is 9.11. The van der Waals surface area contributed by atoms with E-state index in [-0.39, 0.29) is 12.1 Å². The van der Waals surface area contributed by atoms with Crippen molar-refractivity contribution in [3.63, 3.8) is 0 Å². The fourth-order valence-electron chi connectivity index (χ4n) is 0.289. The molecule has 1 aromatic rings. The molecule has 0 unspecified atom stereocenters. The minimum absolute atomic E-state index is 0.106. The van der Waals surface area contributed by atoms with Gasteiger partial charge in [0.1, 0.15) is 4.60 Å². The molecular formula is C5H3Br2N. The van der Waals surface area contributed by atoms with Crippen LogP contribution in [0.4, 0.5) is 0 Å². The monoisotopic (exact) mass is 237 g/mol. The Kier molecular flexibility index (Phi) is 1.30. The predicted octanol–water partition coefficient (Wildman–Crippen LogP) is 2.61. The van der Waals surface area contributed by atoms with E-state index < -0.39 is 0 Å². The zero-order valence-electron chi connectivity index (χ0n) is 5.78. The molecule has 0 aliphatic carbocycles. The van der Waals surface area contributed by atoms with Gasteiger partial charge < -0.3 is 0 Å². The lowest BCUT2D eigenvalue weighted by Gasteiger charge is -1.86. The van der Waals surface area contributed by atoms with E-state index in [1.807, 2.05) is 0 Å². The Balaban J connectivity index is 3.34. The molecule has 0 saturated carbocycles. The van der Waals surface area contributed by atoms with Gasteiger partial charge in [-0.15, -0.1) is 0 Å². The van der Waals surface area contributed by atoms with Crippen LogP contribution in [0.25, 0.3) is 0 Å². The number of hydrogen-bond acceptors (Lipinski definition) is 1. The second-order valence-electron chi connectivity index (χ2n) is 1.15. The van der Waals surface area contributed by atoms with Crippen molar-refractivity contribution in [2.45, 2.75) is 0 Å². The largest absolute Gasteiger partial charge is 0.248 e. The molecule has 0 aliphatic rings. The fraction of sp³-hybridized carbons (Fsp3) is 0. The van der Waals surface area contributed by atoms with Gasteiger partial charge in [-0.1, -0.05) is 0 Å². The average Bonchev–Trinajstić information content (AvgIpc) is 1.93. The molecule has 0 atom stereocenters. The Morgan fingerprint density at radius 2 is 2.25 bits per heavy atom. The fourth-order valence-corrected chi connectivity index (χ4v) is 0.692. The molecule has 1 nitrogen and oxygen atoms in total. The number of halogens is 2. The summed E-state index contributed by atoms with van der Waals surface area (Å²) in [5.41, 5.74) is 0. The molecule has 0 bridgehead atoms. The number of aromatic nitrogens is 1. The van der Waals surface area contributed by atoms with Crippen LogP contribution in [0, 0.1) is 0 Å². The zero-order chi connectivity index (χ0) is 7.72. The van der Waals surface area contributed by atoms with Gasteiger partial charge in [-0.05, 0) is 43.9 Å². The molecule has 0 aromatic carbocycles. The van der Waals surface area contributed by atoms with Crippen LogP contribution in [0.3, 0.4) is 0 Å². The van der Waals surface area contributed by atoms with Gasteiger partial charge in [0.15, 0.2) is 0 Å². The van der Waals surface area contributed by atoms with E-state index in [4.69, 9.17) is 2.74 Å². The number of nitrogens with zero attached hydrogens (tertiary/aromatic N) is 1. The number of pyridine rings is 1. The summed E-state index contributed by atoms with van der Waals surface area (Å²) in [6.45, 7) is 0. The third-order valence-electron chi connectivity index (χ3n) is 0.576. The van der Waals surface area contributed by atoms with E-state index in [2.05, 4.69) is 36.8 Å². The first kappa shape index (κ1) is 4.01. The third-order valence-corrected chi connectivity index (χ3v) is 1.38. The Morgan fingerprint density at radius 1 is 1.50 bits per heavy atom. The van der Waals surface area contributed by atoms with Crippen LogP contribution in [0.2, 0.25) is 0 Å². The summed E-state index contributed by atoms with van der Waals surface area (Å²) in [4.78, 5) is 3.80. The van der Waals surface area contributed by atoms with E-state index in [1.54, 1.807) is 0 Å². The first-order valence-corrected chi connectivity index (χ1v) is 3.48. The summed E-state index contributed by atoms with van der Waals surface area (Å²) in [6.07, 6.45) is 1.49. The average molecular weight is 239 g/mol. The molecule has 0 saturated heterocycles. The van der Waals surface area contributed by atoms with E-state index in [0.29, 0.717) is 9.08 Å². The van der Waals surface area contributed by atoms with Gasteiger partial charge >= 0.3 is 0 Å². The molecule has 3 heteroatoms. The van der Waals surface area contributed by atoms with E-state index in [0.717, 1.165) is 0 Å². The van der Waals surface area contributed by atoms with Gasteiger partial charge in [-0.2, -0.15) is 0 Å². The summed E-state index contributed by atoms with van der Waals surface area (Å²) in [5, 5.41) is 0. The van der Waals surface area contributed by atoms with Crippen LogP contribution >= 0.6 is 31.9 Å². The predicted molar refractivity (Wildman–Crippen MR) is 39.6 cm³/mol. The number of rotatable bonds is 0. The molecule has 0 radical (unpaired) electrons. The van der Waals surface area contributed by atoms with E-state index in [9.17, 15) is 0 Å². The van der Waals surface area contributed by atoms with Crippen molar-refractivity contribution in [2.75, 3.05) is 0 Å². The van der Waals surface area contributed by atoms with Crippen molar-refractivity contribution in [1.82, 2.24) is 4.98 Å². The molecule has 1 rings (SSSR count). The first-order chi connectivity index (χ1) is 4.63. The van der Waals surface area contributed by atoms with Crippen LogP contribution in [0.5, 0.6) is 0 Å². The van der Waals surface area contributed by atoms with Crippen molar-refractivity contribution < 1.29 is 2.74 Å². The standard InChI is InChI=1S/C5H3Br2N/c6-4-1-2-5(7)8-3-4/h1-3H/i1D,2D. The quantitative estimate of drug-likeness (QED) is 0.634. The summed E-state index contributed by atoms with van der Waals surface area (Å²) in [5.74, 6) is 0. The van der Waals surface area contributed by atoms with Crippen molar-refractivity contribution in [3.05, 3.63) is 27.4 Å². The highest BCUT2D eigenvalue weighted by Crippen LogP contribution is 2.10. The summed E-state index contributed by atoms with van der Waals surface area (Å²) >= 11 is 6.13.